The quantitative estimate of drug-likeness (QED) is 0.437. The second kappa shape index (κ2) is 9.04. The molecule has 6 nitrogen and oxygen atoms in total. The van der Waals surface area contributed by atoms with E-state index in [1.54, 1.807) is 19.2 Å². The van der Waals surface area contributed by atoms with Crippen LogP contribution >= 0.6 is 0 Å². The van der Waals surface area contributed by atoms with Gasteiger partial charge in [-0.1, -0.05) is 12.1 Å². The molecule has 2 fully saturated rings. The van der Waals surface area contributed by atoms with Crippen LogP contribution in [0.15, 0.2) is 42.6 Å². The van der Waals surface area contributed by atoms with Crippen LogP contribution in [-0.2, 0) is 6.54 Å². The highest BCUT2D eigenvalue weighted by Gasteiger charge is 2.43. The van der Waals surface area contributed by atoms with Gasteiger partial charge in [-0.3, -0.25) is 4.90 Å². The fourth-order valence-electron chi connectivity index (χ4n) is 5.21. The Bertz CT molecular complexity index is 1190. The Kier molecular flexibility index (Phi) is 6.08. The lowest BCUT2D eigenvalue weighted by atomic mass is 9.90. The molecule has 2 heterocycles. The highest BCUT2D eigenvalue weighted by molar-refractivity contribution is 5.88. The van der Waals surface area contributed by atoms with Gasteiger partial charge < -0.3 is 20.1 Å². The van der Waals surface area contributed by atoms with Crippen molar-refractivity contribution in [3.63, 3.8) is 0 Å². The summed E-state index contributed by atoms with van der Waals surface area (Å²) in [5.74, 6) is -0.0542. The number of ether oxygens (including phenoxy) is 1. The van der Waals surface area contributed by atoms with E-state index in [1.165, 1.54) is 0 Å². The van der Waals surface area contributed by atoms with Crippen molar-refractivity contribution in [2.75, 3.05) is 20.2 Å². The molecule has 180 valence electrons. The van der Waals surface area contributed by atoms with Crippen molar-refractivity contribution < 1.29 is 19.0 Å². The molecule has 3 aromatic rings. The first-order valence-electron chi connectivity index (χ1n) is 12.0. The molecule has 2 aromatic carbocycles. The SMILES string of the molecule is COc1cc(C)c2[nH]ccc2c1CN1CC[C@H](NCC2(F)CC2)C[C@@H]1c1ccc(C(=O)O)cc1. The average molecular weight is 466 g/mol. The number of piperidine rings is 1. The molecule has 0 spiro atoms. The number of aryl methyl sites for hydroxylation is 1. The number of aromatic amines is 1. The van der Waals surface area contributed by atoms with E-state index in [0.29, 0.717) is 25.9 Å². The van der Waals surface area contributed by atoms with Gasteiger partial charge in [0.2, 0.25) is 0 Å². The van der Waals surface area contributed by atoms with E-state index in [4.69, 9.17) is 4.74 Å². The van der Waals surface area contributed by atoms with Crippen molar-refractivity contribution in [3.8, 4) is 5.75 Å². The lowest BCUT2D eigenvalue weighted by molar-refractivity contribution is 0.0696. The van der Waals surface area contributed by atoms with Crippen LogP contribution in [0.3, 0.4) is 0 Å². The highest BCUT2D eigenvalue weighted by atomic mass is 19.1. The Balaban J connectivity index is 1.44. The van der Waals surface area contributed by atoms with Crippen molar-refractivity contribution in [2.24, 2.45) is 0 Å². The van der Waals surface area contributed by atoms with Gasteiger partial charge in [-0.2, -0.15) is 0 Å². The predicted octanol–water partition coefficient (Wildman–Crippen LogP) is 4.98. The van der Waals surface area contributed by atoms with Crippen LogP contribution in [0, 0.1) is 6.92 Å². The van der Waals surface area contributed by atoms with Crippen LogP contribution < -0.4 is 10.1 Å². The van der Waals surface area contributed by atoms with Crippen LogP contribution in [0.1, 0.15) is 58.8 Å². The maximum atomic E-state index is 14.2. The zero-order valence-corrected chi connectivity index (χ0v) is 19.7. The molecular formula is C27H32FN3O3. The fraction of sp³-hybridized carbons (Fsp3) is 0.444. The van der Waals surface area contributed by atoms with Gasteiger partial charge in [-0.05, 0) is 68.0 Å². The van der Waals surface area contributed by atoms with Crippen molar-refractivity contribution in [2.45, 2.75) is 56.9 Å². The molecule has 34 heavy (non-hydrogen) atoms. The van der Waals surface area contributed by atoms with Crippen molar-refractivity contribution in [1.29, 1.82) is 0 Å². The number of halogens is 1. The summed E-state index contributed by atoms with van der Waals surface area (Å²) in [6.07, 6.45) is 5.04. The van der Waals surface area contributed by atoms with E-state index in [2.05, 4.69) is 34.3 Å². The molecule has 0 radical (unpaired) electrons. The molecule has 0 bridgehead atoms. The lowest BCUT2D eigenvalue weighted by Gasteiger charge is -2.40. The largest absolute Gasteiger partial charge is 0.496 e. The van der Waals surface area contributed by atoms with Crippen LogP contribution in [0.4, 0.5) is 4.39 Å². The number of carbonyl (C=O) groups is 1. The number of H-pyrrole nitrogens is 1. The zero-order valence-electron chi connectivity index (χ0n) is 19.7. The monoisotopic (exact) mass is 465 g/mol. The second-order valence-corrected chi connectivity index (χ2v) is 9.81. The summed E-state index contributed by atoms with van der Waals surface area (Å²) in [5, 5.41) is 13.9. The third-order valence-corrected chi connectivity index (χ3v) is 7.45. The van der Waals surface area contributed by atoms with Gasteiger partial charge in [0, 0.05) is 54.4 Å². The van der Waals surface area contributed by atoms with Crippen LogP contribution in [0.25, 0.3) is 10.9 Å². The molecule has 1 aromatic heterocycles. The number of methoxy groups -OCH3 is 1. The molecule has 5 rings (SSSR count). The number of aromatic carboxylic acids is 1. The van der Waals surface area contributed by atoms with Gasteiger partial charge in [0.1, 0.15) is 11.4 Å². The van der Waals surface area contributed by atoms with Crippen LogP contribution in [0.2, 0.25) is 0 Å². The first kappa shape index (κ1) is 22.9. The number of carboxylic acid groups (broad SMARTS) is 1. The predicted molar refractivity (Wildman–Crippen MR) is 130 cm³/mol. The summed E-state index contributed by atoms with van der Waals surface area (Å²) < 4.78 is 20.0. The van der Waals surface area contributed by atoms with Crippen LogP contribution in [-0.4, -0.2) is 52.9 Å². The maximum Gasteiger partial charge on any atom is 0.335 e. The number of nitrogens with zero attached hydrogens (tertiary/aromatic N) is 1. The Morgan fingerprint density at radius 2 is 2.06 bits per heavy atom. The molecular weight excluding hydrogens is 433 g/mol. The van der Waals surface area contributed by atoms with E-state index < -0.39 is 11.6 Å². The number of benzene rings is 2. The summed E-state index contributed by atoms with van der Waals surface area (Å²) in [6, 6.07) is 11.7. The second-order valence-electron chi connectivity index (χ2n) is 9.81. The number of rotatable bonds is 8. The molecule has 0 amide bonds. The van der Waals surface area contributed by atoms with Gasteiger partial charge in [-0.15, -0.1) is 0 Å². The summed E-state index contributed by atoms with van der Waals surface area (Å²) in [5.41, 5.74) is 3.74. The number of fused-ring (bicyclic) bond motifs is 1. The maximum absolute atomic E-state index is 14.2. The lowest BCUT2D eigenvalue weighted by Crippen LogP contribution is -2.45. The Hall–Kier alpha value is -2.90. The smallest absolute Gasteiger partial charge is 0.335 e. The minimum absolute atomic E-state index is 0.0869. The van der Waals surface area contributed by atoms with Gasteiger partial charge in [-0.25, -0.2) is 9.18 Å². The third kappa shape index (κ3) is 4.55. The standard InChI is InChI=1S/C27H32FN3O3/c1-17-13-24(34-2)22(21-7-11-29-25(17)21)15-31-12-8-20(30-16-27(28)9-10-27)14-23(31)18-3-5-19(6-4-18)26(32)33/h3-7,11,13,20,23,29-30H,8-10,12,14-16H2,1-2H3,(H,32,33)/t20-,23+/m0/s1. The van der Waals surface area contributed by atoms with Crippen LogP contribution in [0.5, 0.6) is 5.75 Å². The topological polar surface area (TPSA) is 77.6 Å². The molecule has 2 atom stereocenters. The van der Waals surface area contributed by atoms with Crippen molar-refractivity contribution >= 4 is 16.9 Å². The van der Waals surface area contributed by atoms with E-state index in [0.717, 1.165) is 52.7 Å². The highest BCUT2D eigenvalue weighted by Crippen LogP contribution is 2.40. The zero-order chi connectivity index (χ0) is 23.9. The molecule has 1 saturated carbocycles. The summed E-state index contributed by atoms with van der Waals surface area (Å²) in [6.45, 7) is 4.05. The molecule has 1 aliphatic heterocycles. The molecule has 3 N–H and O–H groups in total. The average Bonchev–Trinajstić information content (AvgIpc) is 3.37. The number of hydrogen-bond donors (Lipinski definition) is 3. The Morgan fingerprint density at radius 1 is 1.29 bits per heavy atom. The van der Waals surface area contributed by atoms with Gasteiger partial charge >= 0.3 is 5.97 Å². The number of likely N-dealkylation sites (tertiary alicyclic amines) is 1. The molecule has 7 heteroatoms. The third-order valence-electron chi connectivity index (χ3n) is 7.45. The minimum atomic E-state index is -1.02. The number of alkyl halides is 1. The Labute approximate surface area is 199 Å². The number of nitrogens with one attached hydrogen (secondary N) is 2. The van der Waals surface area contributed by atoms with Gasteiger partial charge in [0.05, 0.1) is 12.7 Å². The normalized spacial score (nSPS) is 22.1. The first-order valence-corrected chi connectivity index (χ1v) is 12.0. The fourth-order valence-corrected chi connectivity index (χ4v) is 5.21. The molecule has 1 aliphatic carbocycles. The summed E-state index contributed by atoms with van der Waals surface area (Å²) in [7, 11) is 1.71. The van der Waals surface area contributed by atoms with E-state index in [9.17, 15) is 14.3 Å². The van der Waals surface area contributed by atoms with E-state index in [1.807, 2.05) is 18.3 Å². The molecule has 1 saturated heterocycles. The minimum Gasteiger partial charge on any atom is -0.496 e. The molecule has 0 unspecified atom stereocenters. The Morgan fingerprint density at radius 3 is 2.74 bits per heavy atom. The van der Waals surface area contributed by atoms with E-state index >= 15 is 0 Å². The van der Waals surface area contributed by atoms with Crippen molar-refractivity contribution in [3.05, 3.63) is 64.8 Å². The number of aromatic nitrogens is 1. The van der Waals surface area contributed by atoms with Crippen molar-refractivity contribution in [1.82, 2.24) is 15.2 Å². The van der Waals surface area contributed by atoms with E-state index in [-0.39, 0.29) is 17.6 Å². The first-order chi connectivity index (χ1) is 16.4. The van der Waals surface area contributed by atoms with Gasteiger partial charge in [0.15, 0.2) is 0 Å². The summed E-state index contributed by atoms with van der Waals surface area (Å²) >= 11 is 0. The molecule has 2 aliphatic rings. The number of hydrogen-bond acceptors (Lipinski definition) is 4. The number of carboxylic acids is 1. The van der Waals surface area contributed by atoms with Gasteiger partial charge in [0.25, 0.3) is 0 Å². The summed E-state index contributed by atoms with van der Waals surface area (Å²) in [4.78, 5) is 17.1.